The number of benzene rings is 3. The Hall–Kier alpha value is -2.78. The number of nitrogens with one attached hydrogen (secondary N) is 1. The van der Waals surface area contributed by atoms with Crippen molar-refractivity contribution in [2.75, 3.05) is 17.4 Å². The smallest absolute Gasteiger partial charge is 0.264 e. The van der Waals surface area contributed by atoms with Crippen LogP contribution in [0.4, 0.5) is 5.69 Å². The van der Waals surface area contributed by atoms with Crippen LogP contribution in [0.5, 0.6) is 0 Å². The van der Waals surface area contributed by atoms with Gasteiger partial charge in [0.15, 0.2) is 0 Å². The van der Waals surface area contributed by atoms with E-state index in [9.17, 15) is 18.0 Å². The Bertz CT molecular complexity index is 1430. The maximum absolute atomic E-state index is 14.0. The van der Waals surface area contributed by atoms with Gasteiger partial charge < -0.3 is 10.2 Å². The fraction of sp³-hybridized carbons (Fsp3) is 0.310. The summed E-state index contributed by atoms with van der Waals surface area (Å²) in [4.78, 5) is 28.3. The van der Waals surface area contributed by atoms with Gasteiger partial charge in [-0.1, -0.05) is 84.0 Å². The van der Waals surface area contributed by atoms with Crippen LogP contribution >= 0.6 is 34.8 Å². The van der Waals surface area contributed by atoms with Gasteiger partial charge in [0, 0.05) is 28.2 Å². The first kappa shape index (κ1) is 31.7. The molecular weight excluding hydrogens is 593 g/mol. The minimum Gasteiger partial charge on any atom is -0.354 e. The molecule has 0 bridgehead atoms. The summed E-state index contributed by atoms with van der Waals surface area (Å²) in [7, 11) is -4.24. The summed E-state index contributed by atoms with van der Waals surface area (Å²) in [6.07, 6.45) is 1.68. The Morgan fingerprint density at radius 1 is 0.950 bits per heavy atom. The number of rotatable bonds is 12. The lowest BCUT2D eigenvalue weighted by atomic mass is 10.1. The van der Waals surface area contributed by atoms with Crippen LogP contribution in [0.1, 0.15) is 37.8 Å². The molecule has 7 nitrogen and oxygen atoms in total. The van der Waals surface area contributed by atoms with Crippen molar-refractivity contribution in [2.24, 2.45) is 0 Å². The number of sulfonamides is 1. The van der Waals surface area contributed by atoms with Gasteiger partial charge in [-0.05, 0) is 62.2 Å². The Morgan fingerprint density at radius 2 is 1.57 bits per heavy atom. The molecule has 0 fully saturated rings. The molecule has 214 valence electrons. The minimum absolute atomic E-state index is 0.00437. The van der Waals surface area contributed by atoms with Crippen molar-refractivity contribution in [2.45, 2.75) is 51.1 Å². The lowest BCUT2D eigenvalue weighted by Gasteiger charge is -2.32. The van der Waals surface area contributed by atoms with Gasteiger partial charge in [0.2, 0.25) is 11.8 Å². The number of aryl methyl sites for hydroxylation is 1. The van der Waals surface area contributed by atoms with E-state index < -0.39 is 28.5 Å². The number of nitrogens with zero attached hydrogens (tertiary/aromatic N) is 2. The van der Waals surface area contributed by atoms with Gasteiger partial charge in [0.05, 0.1) is 10.6 Å². The van der Waals surface area contributed by atoms with Gasteiger partial charge in [-0.2, -0.15) is 0 Å². The summed E-state index contributed by atoms with van der Waals surface area (Å²) in [5.74, 6) is -0.961. The third-order valence-electron chi connectivity index (χ3n) is 6.32. The molecule has 3 aromatic carbocycles. The predicted octanol–water partition coefficient (Wildman–Crippen LogP) is 6.48. The Morgan fingerprint density at radius 3 is 2.17 bits per heavy atom. The number of amides is 2. The Labute approximate surface area is 251 Å². The first-order valence-electron chi connectivity index (χ1n) is 12.8. The molecule has 2 amide bonds. The van der Waals surface area contributed by atoms with Crippen LogP contribution in [0.2, 0.25) is 15.1 Å². The van der Waals surface area contributed by atoms with E-state index in [2.05, 4.69) is 5.32 Å². The highest BCUT2D eigenvalue weighted by Crippen LogP contribution is 2.30. The molecule has 0 unspecified atom stereocenters. The number of carbonyl (C=O) groups excluding carboxylic acids is 2. The summed E-state index contributed by atoms with van der Waals surface area (Å²) in [5.41, 5.74) is 1.61. The largest absolute Gasteiger partial charge is 0.354 e. The molecule has 0 spiro atoms. The zero-order valence-corrected chi connectivity index (χ0v) is 25.6. The zero-order valence-electron chi connectivity index (χ0n) is 22.5. The highest BCUT2D eigenvalue weighted by atomic mass is 35.5. The highest BCUT2D eigenvalue weighted by Gasteiger charge is 2.33. The number of halogens is 3. The third kappa shape index (κ3) is 8.13. The normalized spacial score (nSPS) is 12.1. The van der Waals surface area contributed by atoms with Crippen molar-refractivity contribution >= 4 is 62.3 Å². The van der Waals surface area contributed by atoms with E-state index in [1.165, 1.54) is 35.2 Å². The van der Waals surface area contributed by atoms with E-state index in [0.717, 1.165) is 22.7 Å². The van der Waals surface area contributed by atoms with Crippen molar-refractivity contribution in [3.05, 3.63) is 92.9 Å². The molecule has 0 aromatic heterocycles. The minimum atomic E-state index is -4.24. The molecule has 0 aliphatic carbocycles. The molecule has 0 saturated heterocycles. The fourth-order valence-electron chi connectivity index (χ4n) is 3.98. The molecule has 0 radical (unpaired) electrons. The number of hydrogen-bond donors (Lipinski definition) is 1. The molecule has 11 heteroatoms. The number of unbranched alkanes of at least 4 members (excludes halogenated alkanes) is 1. The third-order valence-corrected chi connectivity index (χ3v) is 8.91. The standard InChI is InChI=1S/C29H32Cl3N3O4S/c1-4-5-14-33-29(37)21(3)34(18-22-8-6-7-9-27(22)32)28(36)19-35(25-16-23(30)15-24(31)17-25)40(38,39)26-12-10-20(2)11-13-26/h6-13,15-17,21H,4-5,14,18-19H2,1-3H3,(H,33,37)/t21-/m0/s1. The van der Waals surface area contributed by atoms with Crippen molar-refractivity contribution in [3.8, 4) is 0 Å². The summed E-state index contributed by atoms with van der Waals surface area (Å²) < 4.78 is 28.7. The summed E-state index contributed by atoms with van der Waals surface area (Å²) in [6.45, 7) is 5.30. The summed E-state index contributed by atoms with van der Waals surface area (Å²) in [6, 6.07) is 16.7. The number of anilines is 1. The molecule has 40 heavy (non-hydrogen) atoms. The molecular formula is C29H32Cl3N3O4S. The van der Waals surface area contributed by atoms with Gasteiger partial charge in [0.25, 0.3) is 10.0 Å². The van der Waals surface area contributed by atoms with E-state index in [4.69, 9.17) is 34.8 Å². The SMILES string of the molecule is CCCCNC(=O)[C@H](C)N(Cc1ccccc1Cl)C(=O)CN(c1cc(Cl)cc(Cl)c1)S(=O)(=O)c1ccc(C)cc1. The Balaban J connectivity index is 2.04. The van der Waals surface area contributed by atoms with Crippen LogP contribution in [0.25, 0.3) is 0 Å². The maximum atomic E-state index is 14.0. The number of hydrogen-bond acceptors (Lipinski definition) is 4. The second kappa shape index (κ2) is 14.2. The molecule has 3 aromatic rings. The van der Waals surface area contributed by atoms with Gasteiger partial charge in [-0.25, -0.2) is 8.42 Å². The molecule has 1 N–H and O–H groups in total. The first-order valence-corrected chi connectivity index (χ1v) is 15.4. The summed E-state index contributed by atoms with van der Waals surface area (Å²) >= 11 is 18.8. The first-order chi connectivity index (χ1) is 18.9. The van der Waals surface area contributed by atoms with Crippen LogP contribution in [0.15, 0.2) is 71.6 Å². The van der Waals surface area contributed by atoms with Crippen molar-refractivity contribution in [1.29, 1.82) is 0 Å². The lowest BCUT2D eigenvalue weighted by molar-refractivity contribution is -0.139. The molecule has 0 heterocycles. The van der Waals surface area contributed by atoms with E-state index in [1.807, 2.05) is 13.8 Å². The van der Waals surface area contributed by atoms with E-state index >= 15 is 0 Å². The van der Waals surface area contributed by atoms with Gasteiger partial charge in [-0.3, -0.25) is 13.9 Å². The van der Waals surface area contributed by atoms with Crippen LogP contribution in [0, 0.1) is 6.92 Å². The van der Waals surface area contributed by atoms with E-state index in [0.29, 0.717) is 17.1 Å². The van der Waals surface area contributed by atoms with Gasteiger partial charge in [0.1, 0.15) is 12.6 Å². The molecule has 0 aliphatic heterocycles. The van der Waals surface area contributed by atoms with Gasteiger partial charge in [-0.15, -0.1) is 0 Å². The van der Waals surface area contributed by atoms with Crippen LogP contribution in [-0.2, 0) is 26.2 Å². The van der Waals surface area contributed by atoms with E-state index in [1.54, 1.807) is 43.3 Å². The van der Waals surface area contributed by atoms with Gasteiger partial charge >= 0.3 is 0 Å². The van der Waals surface area contributed by atoms with Crippen LogP contribution in [0.3, 0.4) is 0 Å². The van der Waals surface area contributed by atoms with Crippen molar-refractivity contribution < 1.29 is 18.0 Å². The molecule has 0 saturated carbocycles. The fourth-order valence-corrected chi connectivity index (χ4v) is 6.09. The Kier molecular flexibility index (Phi) is 11.3. The van der Waals surface area contributed by atoms with E-state index in [-0.39, 0.29) is 33.1 Å². The second-order valence-corrected chi connectivity index (χ2v) is 12.5. The monoisotopic (exact) mass is 623 g/mol. The lowest BCUT2D eigenvalue weighted by Crippen LogP contribution is -2.51. The highest BCUT2D eigenvalue weighted by molar-refractivity contribution is 7.92. The average molecular weight is 625 g/mol. The molecule has 3 rings (SSSR count). The quantitative estimate of drug-likeness (QED) is 0.234. The number of carbonyl (C=O) groups is 2. The zero-order chi connectivity index (χ0) is 29.4. The van der Waals surface area contributed by atoms with Crippen LogP contribution < -0.4 is 9.62 Å². The maximum Gasteiger partial charge on any atom is 0.264 e. The average Bonchev–Trinajstić information content (AvgIpc) is 2.90. The van der Waals surface area contributed by atoms with Crippen molar-refractivity contribution in [3.63, 3.8) is 0 Å². The molecule has 1 atom stereocenters. The second-order valence-electron chi connectivity index (χ2n) is 9.39. The van der Waals surface area contributed by atoms with Crippen molar-refractivity contribution in [1.82, 2.24) is 10.2 Å². The molecule has 0 aliphatic rings. The summed E-state index contributed by atoms with van der Waals surface area (Å²) in [5, 5.41) is 3.68. The predicted molar refractivity (Wildman–Crippen MR) is 162 cm³/mol. The van der Waals surface area contributed by atoms with Crippen LogP contribution in [-0.4, -0.2) is 44.3 Å². The topological polar surface area (TPSA) is 86.8 Å².